The fourth-order valence-electron chi connectivity index (χ4n) is 4.73. The smallest absolute Gasteiger partial charge is 0.156 e. The average molecular weight is 455 g/mol. The van der Waals surface area contributed by atoms with E-state index in [0.29, 0.717) is 25.3 Å². The lowest BCUT2D eigenvalue weighted by Crippen LogP contribution is -2.22. The Labute approximate surface area is 189 Å². The number of nitrogens with zero attached hydrogens (tertiary/aromatic N) is 5. The first kappa shape index (κ1) is 21.1. The van der Waals surface area contributed by atoms with E-state index >= 15 is 0 Å². The Morgan fingerprint density at radius 1 is 1.31 bits per heavy atom. The fourth-order valence-corrected chi connectivity index (χ4v) is 5.08. The van der Waals surface area contributed by atoms with Gasteiger partial charge in [-0.2, -0.15) is 5.10 Å². The average Bonchev–Trinajstić information content (AvgIpc) is 3.30. The van der Waals surface area contributed by atoms with Crippen LogP contribution in [-0.4, -0.2) is 48.4 Å². The third-order valence-electron chi connectivity index (χ3n) is 6.19. The minimum Gasteiger partial charge on any atom is -0.394 e. The van der Waals surface area contributed by atoms with Crippen molar-refractivity contribution in [3.05, 3.63) is 63.4 Å². The van der Waals surface area contributed by atoms with Crippen molar-refractivity contribution in [1.29, 1.82) is 0 Å². The third-order valence-corrected chi connectivity index (χ3v) is 6.58. The van der Waals surface area contributed by atoms with Gasteiger partial charge in [-0.3, -0.25) is 9.58 Å². The van der Waals surface area contributed by atoms with Crippen LogP contribution in [0.25, 0.3) is 22.4 Å². The quantitative estimate of drug-likeness (QED) is 0.478. The van der Waals surface area contributed by atoms with Crippen molar-refractivity contribution in [3.63, 3.8) is 0 Å². The van der Waals surface area contributed by atoms with Crippen molar-refractivity contribution >= 4 is 22.8 Å². The first-order valence-electron chi connectivity index (χ1n) is 10.6. The van der Waals surface area contributed by atoms with Crippen LogP contribution >= 0.6 is 11.6 Å². The van der Waals surface area contributed by atoms with Crippen molar-refractivity contribution in [2.45, 2.75) is 39.4 Å². The monoisotopic (exact) mass is 454 g/mol. The standard InChI is InChI=1S/C23H24ClFN6O/c1-12-15-8-26-23-22(15)28-17(9-27-23)20-13(2)29-31(6-7-32)18(20)11-30(3)10-14-4-5-16(25)21(24)19(12)14/h4-5,8-9,12,32H,6-7,10-11H2,1-3H3,(H,26,27)/t12-/m0/s1. The van der Waals surface area contributed by atoms with E-state index in [4.69, 9.17) is 16.6 Å². The van der Waals surface area contributed by atoms with E-state index in [1.807, 2.05) is 31.8 Å². The van der Waals surface area contributed by atoms with Crippen molar-refractivity contribution in [3.8, 4) is 11.3 Å². The van der Waals surface area contributed by atoms with Gasteiger partial charge in [0.1, 0.15) is 11.3 Å². The van der Waals surface area contributed by atoms with E-state index in [9.17, 15) is 9.50 Å². The van der Waals surface area contributed by atoms with Crippen LogP contribution < -0.4 is 0 Å². The number of rotatable bonds is 2. The molecule has 2 bridgehead atoms. The maximum Gasteiger partial charge on any atom is 0.156 e. The molecule has 0 unspecified atom stereocenters. The normalized spacial score (nSPS) is 16.6. The first-order chi connectivity index (χ1) is 15.4. The highest BCUT2D eigenvalue weighted by Gasteiger charge is 2.26. The molecule has 7 nitrogen and oxygen atoms in total. The molecule has 0 saturated heterocycles. The Kier molecular flexibility index (Phi) is 5.23. The number of halogens is 2. The molecule has 32 heavy (non-hydrogen) atoms. The lowest BCUT2D eigenvalue weighted by Gasteiger charge is -2.24. The fraction of sp³-hybridized carbons (Fsp3) is 0.348. The predicted octanol–water partition coefficient (Wildman–Crippen LogP) is 4.01. The second-order valence-corrected chi connectivity index (χ2v) is 8.76. The number of H-pyrrole nitrogens is 1. The largest absolute Gasteiger partial charge is 0.394 e. The van der Waals surface area contributed by atoms with E-state index < -0.39 is 5.82 Å². The molecule has 0 saturated carbocycles. The molecule has 1 aliphatic heterocycles. The summed E-state index contributed by atoms with van der Waals surface area (Å²) in [7, 11) is 2.00. The maximum atomic E-state index is 14.5. The van der Waals surface area contributed by atoms with Crippen molar-refractivity contribution in [2.75, 3.05) is 13.7 Å². The number of fused-ring (bicyclic) bond motifs is 4. The van der Waals surface area contributed by atoms with Crippen molar-refractivity contribution in [1.82, 2.24) is 29.6 Å². The molecular weight excluding hydrogens is 431 g/mol. The van der Waals surface area contributed by atoms with Crippen LogP contribution in [0, 0.1) is 12.7 Å². The highest BCUT2D eigenvalue weighted by atomic mass is 35.5. The molecule has 5 rings (SSSR count). The summed E-state index contributed by atoms with van der Waals surface area (Å²) >= 11 is 6.50. The van der Waals surface area contributed by atoms with Gasteiger partial charge in [-0.05, 0) is 31.2 Å². The number of benzene rings is 1. The summed E-state index contributed by atoms with van der Waals surface area (Å²) < 4.78 is 16.3. The summed E-state index contributed by atoms with van der Waals surface area (Å²) in [5.41, 5.74) is 7.46. The van der Waals surface area contributed by atoms with Crippen LogP contribution in [0.2, 0.25) is 5.02 Å². The summed E-state index contributed by atoms with van der Waals surface area (Å²) in [5, 5.41) is 14.4. The summed E-state index contributed by atoms with van der Waals surface area (Å²) in [6.07, 6.45) is 3.62. The molecule has 9 heteroatoms. The molecule has 1 aliphatic rings. The number of aliphatic hydroxyl groups excluding tert-OH is 1. The van der Waals surface area contributed by atoms with Crippen LogP contribution in [-0.2, 0) is 19.6 Å². The molecule has 1 atom stereocenters. The molecule has 166 valence electrons. The topological polar surface area (TPSA) is 82.9 Å². The molecule has 0 radical (unpaired) electrons. The van der Waals surface area contributed by atoms with Gasteiger partial charge in [0.25, 0.3) is 0 Å². The number of hydrogen-bond acceptors (Lipinski definition) is 5. The highest BCUT2D eigenvalue weighted by molar-refractivity contribution is 6.31. The maximum absolute atomic E-state index is 14.5. The van der Waals surface area contributed by atoms with Crippen LogP contribution in [0.5, 0.6) is 0 Å². The minimum absolute atomic E-state index is 0.0147. The zero-order valence-electron chi connectivity index (χ0n) is 18.2. The molecule has 0 spiro atoms. The third kappa shape index (κ3) is 3.30. The van der Waals surface area contributed by atoms with Gasteiger partial charge in [0.15, 0.2) is 5.65 Å². The van der Waals surface area contributed by atoms with Crippen LogP contribution in [0.1, 0.15) is 40.9 Å². The van der Waals surface area contributed by atoms with Gasteiger partial charge in [-0.1, -0.05) is 24.6 Å². The zero-order chi connectivity index (χ0) is 22.6. The van der Waals surface area contributed by atoms with Crippen LogP contribution in [0.3, 0.4) is 0 Å². The van der Waals surface area contributed by atoms with Crippen molar-refractivity contribution < 1.29 is 9.50 Å². The minimum atomic E-state index is -0.433. The zero-order valence-corrected chi connectivity index (χ0v) is 18.9. The lowest BCUT2D eigenvalue weighted by atomic mass is 9.90. The lowest BCUT2D eigenvalue weighted by molar-refractivity contribution is 0.257. The van der Waals surface area contributed by atoms with E-state index in [1.54, 1.807) is 12.3 Å². The van der Waals surface area contributed by atoms with Gasteiger partial charge < -0.3 is 10.1 Å². The van der Waals surface area contributed by atoms with Gasteiger partial charge in [-0.15, -0.1) is 0 Å². The Morgan fingerprint density at radius 2 is 2.12 bits per heavy atom. The Hall–Kier alpha value is -2.81. The number of aliphatic hydroxyl groups is 1. The van der Waals surface area contributed by atoms with Gasteiger partial charge in [0.2, 0.25) is 0 Å². The second kappa shape index (κ2) is 7.95. The molecule has 4 heterocycles. The van der Waals surface area contributed by atoms with Crippen molar-refractivity contribution in [2.24, 2.45) is 0 Å². The first-order valence-corrected chi connectivity index (χ1v) is 10.9. The van der Waals surface area contributed by atoms with Crippen LogP contribution in [0.15, 0.2) is 24.5 Å². The van der Waals surface area contributed by atoms with Gasteiger partial charge in [-0.25, -0.2) is 14.4 Å². The second-order valence-electron chi connectivity index (χ2n) is 8.38. The van der Waals surface area contributed by atoms with Gasteiger partial charge in [0, 0.05) is 36.3 Å². The Bertz CT molecular complexity index is 1330. The summed E-state index contributed by atoms with van der Waals surface area (Å²) in [4.78, 5) is 14.9. The number of nitrogens with one attached hydrogen (secondary N) is 1. The summed E-state index contributed by atoms with van der Waals surface area (Å²) in [5.74, 6) is -0.616. The molecular formula is C23H24ClFN6O. The highest BCUT2D eigenvalue weighted by Crippen LogP contribution is 2.38. The van der Waals surface area contributed by atoms with E-state index in [2.05, 4.69) is 20.0 Å². The number of aromatic amines is 1. The van der Waals surface area contributed by atoms with E-state index in [0.717, 1.165) is 44.9 Å². The van der Waals surface area contributed by atoms with Crippen LogP contribution in [0.4, 0.5) is 4.39 Å². The number of hydrogen-bond donors (Lipinski definition) is 2. The number of aryl methyl sites for hydroxylation is 1. The van der Waals surface area contributed by atoms with Gasteiger partial charge >= 0.3 is 0 Å². The Morgan fingerprint density at radius 3 is 2.91 bits per heavy atom. The molecule has 0 fully saturated rings. The molecule has 0 aliphatic carbocycles. The van der Waals surface area contributed by atoms with Gasteiger partial charge in [0.05, 0.1) is 41.5 Å². The SMILES string of the molecule is Cc1nn(CCO)c2c1-c1cnc3[nH]cc(c3n1)[C@H](C)c1c(ccc(F)c1Cl)CN(C)C2. The molecule has 4 aromatic rings. The molecule has 2 N–H and O–H groups in total. The van der Waals surface area contributed by atoms with E-state index in [-0.39, 0.29) is 17.5 Å². The summed E-state index contributed by atoms with van der Waals surface area (Å²) in [6.45, 7) is 5.49. The predicted molar refractivity (Wildman–Crippen MR) is 121 cm³/mol. The van der Waals surface area contributed by atoms with E-state index in [1.165, 1.54) is 6.07 Å². The Balaban J connectivity index is 1.81. The molecule has 1 aromatic carbocycles. The number of aromatic nitrogens is 5. The molecule has 0 amide bonds. The molecule has 3 aromatic heterocycles. The summed E-state index contributed by atoms with van der Waals surface area (Å²) in [6, 6.07) is 3.23.